The van der Waals surface area contributed by atoms with Crippen LogP contribution < -0.4 is 10.6 Å². The number of aromatic amines is 1. The smallest absolute Gasteiger partial charge is 0.253 e. The maximum atomic E-state index is 12.1. The second kappa shape index (κ2) is 6.29. The van der Waals surface area contributed by atoms with E-state index in [-0.39, 0.29) is 5.91 Å². The summed E-state index contributed by atoms with van der Waals surface area (Å²) in [5.74, 6) is 0.724. The average Bonchev–Trinajstić information content (AvgIpc) is 3.04. The molecule has 0 spiro atoms. The Morgan fingerprint density at radius 2 is 2.15 bits per heavy atom. The molecule has 26 heavy (non-hydrogen) atoms. The van der Waals surface area contributed by atoms with Crippen molar-refractivity contribution in [3.05, 3.63) is 53.4 Å². The Morgan fingerprint density at radius 3 is 2.92 bits per heavy atom. The Morgan fingerprint density at radius 1 is 1.31 bits per heavy atom. The number of hydrogen-bond acceptors (Lipinski definition) is 4. The van der Waals surface area contributed by atoms with Crippen molar-refractivity contribution in [2.24, 2.45) is 0 Å². The van der Waals surface area contributed by atoms with Crippen molar-refractivity contribution in [3.8, 4) is 11.3 Å². The van der Waals surface area contributed by atoms with Crippen LogP contribution in [0.1, 0.15) is 28.7 Å². The number of aromatic nitrogens is 3. The van der Waals surface area contributed by atoms with Gasteiger partial charge in [0, 0.05) is 36.5 Å². The van der Waals surface area contributed by atoms with Crippen molar-refractivity contribution < 1.29 is 4.79 Å². The quantitative estimate of drug-likeness (QED) is 0.633. The highest BCUT2D eigenvalue weighted by atomic mass is 16.1. The largest absolute Gasteiger partial charge is 0.365 e. The number of nitrogens with one attached hydrogen (secondary N) is 3. The number of amides is 1. The lowest BCUT2D eigenvalue weighted by atomic mass is 10.1. The van der Waals surface area contributed by atoms with Gasteiger partial charge in [-0.25, -0.2) is 9.97 Å². The van der Waals surface area contributed by atoms with Gasteiger partial charge in [-0.3, -0.25) is 4.79 Å². The summed E-state index contributed by atoms with van der Waals surface area (Å²) in [5, 5.41) is 6.17. The molecule has 0 unspecified atom stereocenters. The highest BCUT2D eigenvalue weighted by Crippen LogP contribution is 2.30. The molecule has 1 aromatic carbocycles. The van der Waals surface area contributed by atoms with Crippen LogP contribution in [0.4, 0.5) is 5.82 Å². The molecule has 1 aliphatic heterocycles. The minimum atomic E-state index is -0.0280. The van der Waals surface area contributed by atoms with Gasteiger partial charge in [0.25, 0.3) is 5.91 Å². The van der Waals surface area contributed by atoms with Gasteiger partial charge in [0.15, 0.2) is 0 Å². The minimum absolute atomic E-state index is 0.0280. The number of rotatable bonds is 4. The molecule has 1 amide bonds. The zero-order chi connectivity index (χ0) is 18.3. The molecule has 2 aromatic heterocycles. The fourth-order valence-electron chi connectivity index (χ4n) is 3.22. The summed E-state index contributed by atoms with van der Waals surface area (Å²) in [6.07, 6.45) is 0.808. The van der Waals surface area contributed by atoms with E-state index >= 15 is 0 Å². The number of nitrogens with zero attached hydrogens (tertiary/aromatic N) is 2. The molecule has 0 saturated carbocycles. The number of anilines is 1. The van der Waals surface area contributed by atoms with E-state index in [1.54, 1.807) is 0 Å². The second-order valence-electron chi connectivity index (χ2n) is 6.72. The van der Waals surface area contributed by atoms with E-state index in [9.17, 15) is 4.79 Å². The third-order valence-corrected chi connectivity index (χ3v) is 4.52. The molecule has 0 fully saturated rings. The predicted molar refractivity (Wildman–Crippen MR) is 103 cm³/mol. The SMILES string of the molecule is C=C(C)CNc1nc2c(-c3cc4c([nH]3)CCNC4=O)cccc2nc1C. The molecule has 0 aliphatic carbocycles. The first kappa shape index (κ1) is 16.3. The maximum absolute atomic E-state index is 12.1. The lowest BCUT2D eigenvalue weighted by molar-refractivity contribution is 0.0946. The molecular formula is C20H21N5O. The van der Waals surface area contributed by atoms with E-state index in [0.717, 1.165) is 51.5 Å². The van der Waals surface area contributed by atoms with E-state index in [4.69, 9.17) is 4.98 Å². The standard InChI is InChI=1S/C20H21N5O/c1-11(2)10-22-19-12(3)23-16-6-4-5-13(18(16)25-19)17-9-14-15(24-17)7-8-21-20(14)26/h4-6,9,24H,1,7-8,10H2,2-3H3,(H,21,26)(H,22,25). The van der Waals surface area contributed by atoms with Gasteiger partial charge in [-0.05, 0) is 26.0 Å². The van der Waals surface area contributed by atoms with E-state index in [2.05, 4.69) is 27.2 Å². The van der Waals surface area contributed by atoms with Crippen molar-refractivity contribution in [1.29, 1.82) is 0 Å². The Kier molecular flexibility index (Phi) is 3.95. The van der Waals surface area contributed by atoms with Crippen molar-refractivity contribution in [2.75, 3.05) is 18.4 Å². The predicted octanol–water partition coefficient (Wildman–Crippen LogP) is 3.21. The highest BCUT2D eigenvalue weighted by molar-refractivity contribution is 5.99. The Labute approximate surface area is 151 Å². The zero-order valence-corrected chi connectivity index (χ0v) is 14.9. The van der Waals surface area contributed by atoms with E-state index in [0.29, 0.717) is 18.7 Å². The summed E-state index contributed by atoms with van der Waals surface area (Å²) in [7, 11) is 0. The summed E-state index contributed by atoms with van der Waals surface area (Å²) in [6, 6.07) is 7.83. The fourth-order valence-corrected chi connectivity index (χ4v) is 3.22. The molecular weight excluding hydrogens is 326 g/mol. The molecule has 3 heterocycles. The first-order chi connectivity index (χ1) is 12.5. The average molecular weight is 347 g/mol. The third kappa shape index (κ3) is 2.83. The molecule has 6 nitrogen and oxygen atoms in total. The van der Waals surface area contributed by atoms with E-state index in [1.807, 2.05) is 38.1 Å². The number of hydrogen-bond donors (Lipinski definition) is 3. The first-order valence-electron chi connectivity index (χ1n) is 8.69. The number of carbonyl (C=O) groups is 1. The molecule has 3 N–H and O–H groups in total. The molecule has 1 aliphatic rings. The van der Waals surface area contributed by atoms with Gasteiger partial charge >= 0.3 is 0 Å². The van der Waals surface area contributed by atoms with Crippen LogP contribution >= 0.6 is 0 Å². The van der Waals surface area contributed by atoms with Crippen molar-refractivity contribution in [3.63, 3.8) is 0 Å². The maximum Gasteiger partial charge on any atom is 0.253 e. The molecule has 0 radical (unpaired) electrons. The molecule has 132 valence electrons. The monoisotopic (exact) mass is 347 g/mol. The molecule has 0 saturated heterocycles. The number of carbonyl (C=O) groups excluding carboxylic acids is 1. The lowest BCUT2D eigenvalue weighted by Crippen LogP contribution is -2.31. The van der Waals surface area contributed by atoms with Crippen LogP contribution in [0.3, 0.4) is 0 Å². The summed E-state index contributed by atoms with van der Waals surface area (Å²) in [4.78, 5) is 25.0. The minimum Gasteiger partial charge on any atom is -0.365 e. The Balaban J connectivity index is 1.83. The fraction of sp³-hybridized carbons (Fsp3) is 0.250. The zero-order valence-electron chi connectivity index (χ0n) is 14.9. The number of para-hydroxylation sites is 1. The lowest BCUT2D eigenvalue weighted by Gasteiger charge is -2.11. The number of fused-ring (bicyclic) bond motifs is 2. The number of aryl methyl sites for hydroxylation is 1. The summed E-state index contributed by atoms with van der Waals surface area (Å²) < 4.78 is 0. The van der Waals surface area contributed by atoms with Crippen LogP contribution in [-0.4, -0.2) is 33.9 Å². The third-order valence-electron chi connectivity index (χ3n) is 4.52. The van der Waals surface area contributed by atoms with Crippen molar-refractivity contribution in [1.82, 2.24) is 20.3 Å². The van der Waals surface area contributed by atoms with Crippen LogP contribution in [0, 0.1) is 6.92 Å². The van der Waals surface area contributed by atoms with Gasteiger partial charge < -0.3 is 15.6 Å². The summed E-state index contributed by atoms with van der Waals surface area (Å²) in [6.45, 7) is 9.14. The topological polar surface area (TPSA) is 82.7 Å². The Hall–Kier alpha value is -3.15. The molecule has 4 rings (SSSR count). The van der Waals surface area contributed by atoms with Crippen LogP contribution in [0.15, 0.2) is 36.4 Å². The number of H-pyrrole nitrogens is 1. The second-order valence-corrected chi connectivity index (χ2v) is 6.72. The van der Waals surface area contributed by atoms with Crippen molar-refractivity contribution in [2.45, 2.75) is 20.3 Å². The van der Waals surface area contributed by atoms with Gasteiger partial charge in [0.05, 0.1) is 16.8 Å². The Bertz CT molecular complexity index is 1030. The van der Waals surface area contributed by atoms with Gasteiger partial charge in [-0.15, -0.1) is 0 Å². The normalized spacial score (nSPS) is 13.4. The summed E-state index contributed by atoms with van der Waals surface area (Å²) >= 11 is 0. The molecule has 0 bridgehead atoms. The molecule has 0 atom stereocenters. The van der Waals surface area contributed by atoms with Crippen LogP contribution in [0.25, 0.3) is 22.3 Å². The molecule has 6 heteroatoms. The van der Waals surface area contributed by atoms with Gasteiger partial charge in [0.2, 0.25) is 0 Å². The molecule has 3 aromatic rings. The first-order valence-corrected chi connectivity index (χ1v) is 8.69. The van der Waals surface area contributed by atoms with Crippen LogP contribution in [0.2, 0.25) is 0 Å². The van der Waals surface area contributed by atoms with Crippen LogP contribution in [0.5, 0.6) is 0 Å². The van der Waals surface area contributed by atoms with Gasteiger partial charge in [-0.1, -0.05) is 24.3 Å². The van der Waals surface area contributed by atoms with Gasteiger partial charge in [0.1, 0.15) is 11.3 Å². The highest BCUT2D eigenvalue weighted by Gasteiger charge is 2.21. The summed E-state index contributed by atoms with van der Waals surface area (Å²) in [5.41, 5.74) is 7.03. The van der Waals surface area contributed by atoms with E-state index < -0.39 is 0 Å². The van der Waals surface area contributed by atoms with Crippen LogP contribution in [-0.2, 0) is 6.42 Å². The van der Waals surface area contributed by atoms with Crippen molar-refractivity contribution >= 4 is 22.8 Å². The van der Waals surface area contributed by atoms with E-state index in [1.165, 1.54) is 0 Å². The number of benzene rings is 1. The van der Waals surface area contributed by atoms with Gasteiger partial charge in [-0.2, -0.15) is 0 Å².